The first kappa shape index (κ1) is 24.2. The number of hydrogen-bond donors (Lipinski definition) is 1. The van der Waals surface area contributed by atoms with Crippen molar-refractivity contribution >= 4 is 22.8 Å². The molecule has 0 radical (unpaired) electrons. The molecule has 0 atom stereocenters. The van der Waals surface area contributed by atoms with Gasteiger partial charge in [0.15, 0.2) is 11.5 Å². The summed E-state index contributed by atoms with van der Waals surface area (Å²) in [5.74, 6) is 0.367. The second-order valence-corrected chi connectivity index (χ2v) is 8.10. The van der Waals surface area contributed by atoms with E-state index in [1.165, 1.54) is 24.8 Å². The summed E-state index contributed by atoms with van der Waals surface area (Å²) in [6, 6.07) is 11.6. The van der Waals surface area contributed by atoms with Gasteiger partial charge in [0.05, 0.1) is 43.9 Å². The molecule has 1 aliphatic rings. The Kier molecular flexibility index (Phi) is 7.60. The molecule has 1 fully saturated rings. The van der Waals surface area contributed by atoms with Gasteiger partial charge < -0.3 is 14.2 Å². The number of amides is 1. The molecule has 182 valence electrons. The van der Waals surface area contributed by atoms with Crippen molar-refractivity contribution in [3.8, 4) is 17.6 Å². The summed E-state index contributed by atoms with van der Waals surface area (Å²) in [7, 11) is 3.01. The van der Waals surface area contributed by atoms with E-state index in [4.69, 9.17) is 19.5 Å². The highest BCUT2D eigenvalue weighted by molar-refractivity contribution is 6.04. The molecule has 0 spiro atoms. The van der Waals surface area contributed by atoms with Gasteiger partial charge in [-0.25, -0.2) is 4.98 Å². The van der Waals surface area contributed by atoms with Crippen LogP contribution in [0.15, 0.2) is 41.2 Å². The van der Waals surface area contributed by atoms with Gasteiger partial charge in [0, 0.05) is 32.2 Å². The van der Waals surface area contributed by atoms with Gasteiger partial charge in [0.2, 0.25) is 5.95 Å². The Morgan fingerprint density at radius 2 is 2.06 bits per heavy atom. The number of fused-ring (bicyclic) bond motifs is 1. The predicted molar refractivity (Wildman–Crippen MR) is 130 cm³/mol. The molecule has 35 heavy (non-hydrogen) atoms. The normalized spacial score (nSPS) is 13.9. The number of benzene rings is 2. The molecule has 1 N–H and O–H groups in total. The van der Waals surface area contributed by atoms with Gasteiger partial charge in [-0.15, -0.1) is 0 Å². The fourth-order valence-corrected chi connectivity index (χ4v) is 3.92. The maximum atomic E-state index is 13.0. The molecule has 0 unspecified atom stereocenters. The Morgan fingerprint density at radius 3 is 2.80 bits per heavy atom. The summed E-state index contributed by atoms with van der Waals surface area (Å²) in [5.41, 5.74) is 0.591. The molecule has 10 nitrogen and oxygen atoms in total. The summed E-state index contributed by atoms with van der Waals surface area (Å²) >= 11 is 0. The molecule has 2 heterocycles. The number of anilines is 1. The first-order valence-electron chi connectivity index (χ1n) is 11.3. The van der Waals surface area contributed by atoms with Crippen LogP contribution in [0.25, 0.3) is 10.9 Å². The predicted octanol–water partition coefficient (Wildman–Crippen LogP) is 2.17. The van der Waals surface area contributed by atoms with E-state index in [0.717, 1.165) is 39.3 Å². The van der Waals surface area contributed by atoms with E-state index in [1.54, 1.807) is 30.3 Å². The molecule has 1 aromatic heterocycles. The summed E-state index contributed by atoms with van der Waals surface area (Å²) in [6.45, 7) is 4.72. The lowest BCUT2D eigenvalue weighted by Gasteiger charge is -2.26. The van der Waals surface area contributed by atoms with Crippen molar-refractivity contribution in [2.45, 2.75) is 6.42 Å². The van der Waals surface area contributed by atoms with E-state index < -0.39 is 5.91 Å². The van der Waals surface area contributed by atoms with Crippen molar-refractivity contribution in [2.24, 2.45) is 7.05 Å². The van der Waals surface area contributed by atoms with Crippen LogP contribution in [-0.4, -0.2) is 66.9 Å². The second kappa shape index (κ2) is 11.0. The molecule has 0 bridgehead atoms. The zero-order valence-corrected chi connectivity index (χ0v) is 19.7. The van der Waals surface area contributed by atoms with Crippen LogP contribution in [0.5, 0.6) is 11.5 Å². The van der Waals surface area contributed by atoms with Crippen molar-refractivity contribution < 1.29 is 19.0 Å². The number of nitrogens with zero attached hydrogens (tertiary/aromatic N) is 4. The van der Waals surface area contributed by atoms with E-state index in [0.29, 0.717) is 34.6 Å². The highest BCUT2D eigenvalue weighted by Gasteiger charge is 2.18. The lowest BCUT2D eigenvalue weighted by Crippen LogP contribution is -2.37. The number of carbonyl (C=O) groups excluding carboxylic acids is 1. The number of nitrogens with one attached hydrogen (secondary N) is 1. The molecule has 4 rings (SSSR count). The van der Waals surface area contributed by atoms with Gasteiger partial charge in [-0.05, 0) is 36.8 Å². The van der Waals surface area contributed by atoms with Crippen molar-refractivity contribution in [1.82, 2.24) is 14.5 Å². The van der Waals surface area contributed by atoms with Gasteiger partial charge in [-0.2, -0.15) is 5.26 Å². The quantitative estimate of drug-likeness (QED) is 0.491. The fraction of sp³-hybridized carbons (Fsp3) is 0.360. The van der Waals surface area contributed by atoms with Gasteiger partial charge in [-0.1, -0.05) is 6.07 Å². The number of nitriles is 1. The summed E-state index contributed by atoms with van der Waals surface area (Å²) in [4.78, 5) is 32.6. The highest BCUT2D eigenvalue weighted by atomic mass is 16.5. The lowest BCUT2D eigenvalue weighted by atomic mass is 10.1. The van der Waals surface area contributed by atoms with Gasteiger partial charge in [0.1, 0.15) is 5.52 Å². The van der Waals surface area contributed by atoms with Crippen LogP contribution in [0, 0.1) is 11.3 Å². The lowest BCUT2D eigenvalue weighted by molar-refractivity contribution is 0.0357. The molecule has 10 heteroatoms. The molecule has 0 aliphatic carbocycles. The Bertz CT molecular complexity index is 1320. The monoisotopic (exact) mass is 477 g/mol. The van der Waals surface area contributed by atoms with E-state index >= 15 is 0 Å². The Labute approximate surface area is 202 Å². The van der Waals surface area contributed by atoms with Crippen LogP contribution in [0.4, 0.5) is 5.95 Å². The molecular weight excluding hydrogens is 450 g/mol. The SMILES string of the molecule is COc1c(OCCCN2CCOCC2)ccc2c(=O)n(C)c(NC(=O)c3cccc(C#N)c3)nc12. The van der Waals surface area contributed by atoms with E-state index in [2.05, 4.69) is 15.2 Å². The van der Waals surface area contributed by atoms with Crippen LogP contribution in [0.1, 0.15) is 22.3 Å². The number of aromatic nitrogens is 2. The first-order chi connectivity index (χ1) is 17.0. The third-order valence-electron chi connectivity index (χ3n) is 5.83. The van der Waals surface area contributed by atoms with Gasteiger partial charge >= 0.3 is 0 Å². The van der Waals surface area contributed by atoms with Gasteiger partial charge in [-0.3, -0.25) is 24.4 Å². The zero-order chi connectivity index (χ0) is 24.8. The van der Waals surface area contributed by atoms with Crippen molar-refractivity contribution in [2.75, 3.05) is 51.9 Å². The van der Waals surface area contributed by atoms with E-state index in [-0.39, 0.29) is 17.1 Å². The van der Waals surface area contributed by atoms with Crippen LogP contribution >= 0.6 is 0 Å². The minimum atomic E-state index is -0.488. The summed E-state index contributed by atoms with van der Waals surface area (Å²) in [6.07, 6.45) is 0.828. The number of carbonyl (C=O) groups is 1. The first-order valence-corrected chi connectivity index (χ1v) is 11.3. The average Bonchev–Trinajstić information content (AvgIpc) is 2.89. The number of ether oxygens (including phenoxy) is 3. The molecule has 2 aromatic carbocycles. The molecule has 1 aliphatic heterocycles. The Balaban J connectivity index is 1.56. The summed E-state index contributed by atoms with van der Waals surface area (Å²) in [5, 5.41) is 12.1. The number of hydrogen-bond acceptors (Lipinski definition) is 8. The zero-order valence-electron chi connectivity index (χ0n) is 19.7. The topological polar surface area (TPSA) is 119 Å². The summed E-state index contributed by atoms with van der Waals surface area (Å²) < 4.78 is 18.2. The molecule has 1 saturated heterocycles. The van der Waals surface area contributed by atoms with Crippen LogP contribution < -0.4 is 20.3 Å². The van der Waals surface area contributed by atoms with Crippen LogP contribution in [0.2, 0.25) is 0 Å². The largest absolute Gasteiger partial charge is 0.491 e. The van der Waals surface area contributed by atoms with Crippen LogP contribution in [0.3, 0.4) is 0 Å². The Hall–Kier alpha value is -3.94. The van der Waals surface area contributed by atoms with Crippen molar-refractivity contribution in [3.63, 3.8) is 0 Å². The maximum absolute atomic E-state index is 13.0. The molecule has 1 amide bonds. The van der Waals surface area contributed by atoms with Gasteiger partial charge in [0.25, 0.3) is 11.5 Å². The fourth-order valence-electron chi connectivity index (χ4n) is 3.92. The standard InChI is InChI=1S/C25H27N5O5/c1-29-24(32)19-7-8-20(35-12-4-9-30-10-13-34-14-11-30)22(33-2)21(19)27-25(29)28-23(31)18-6-3-5-17(15-18)16-26/h3,5-8,15H,4,9-14H2,1-2H3,(H,27,28,31). The molecule has 0 saturated carbocycles. The van der Waals surface area contributed by atoms with Crippen molar-refractivity contribution in [3.05, 3.63) is 57.9 Å². The second-order valence-electron chi connectivity index (χ2n) is 8.10. The number of morpholine rings is 1. The highest BCUT2D eigenvalue weighted by Crippen LogP contribution is 2.34. The van der Waals surface area contributed by atoms with Crippen molar-refractivity contribution in [1.29, 1.82) is 5.26 Å². The maximum Gasteiger partial charge on any atom is 0.262 e. The van der Waals surface area contributed by atoms with E-state index in [1.807, 2.05) is 6.07 Å². The number of rotatable bonds is 8. The van der Waals surface area contributed by atoms with E-state index in [9.17, 15) is 9.59 Å². The Morgan fingerprint density at radius 1 is 1.26 bits per heavy atom. The minimum absolute atomic E-state index is 0.0534. The molecule has 3 aromatic rings. The third kappa shape index (κ3) is 5.42. The van der Waals surface area contributed by atoms with Crippen LogP contribution in [-0.2, 0) is 11.8 Å². The smallest absolute Gasteiger partial charge is 0.262 e. The average molecular weight is 478 g/mol. The third-order valence-corrected chi connectivity index (χ3v) is 5.83. The molecular formula is C25H27N5O5. The minimum Gasteiger partial charge on any atom is -0.491 e. The number of methoxy groups -OCH3 is 1.